The van der Waals surface area contributed by atoms with Crippen molar-refractivity contribution in [3.8, 4) is 5.69 Å². The molecule has 7 nitrogen and oxygen atoms in total. The Labute approximate surface area is 162 Å². The third-order valence-corrected chi connectivity index (χ3v) is 5.49. The van der Waals surface area contributed by atoms with Gasteiger partial charge in [-0.15, -0.1) is 0 Å². The summed E-state index contributed by atoms with van der Waals surface area (Å²) in [6.45, 7) is -0.0100. The Morgan fingerprint density at radius 1 is 1.15 bits per heavy atom. The van der Waals surface area contributed by atoms with Crippen molar-refractivity contribution >= 4 is 33.2 Å². The molecular weight excluding hydrogens is 388 g/mol. The van der Waals surface area contributed by atoms with Gasteiger partial charge in [0.15, 0.2) is 0 Å². The van der Waals surface area contributed by atoms with Crippen LogP contribution in [0.1, 0.15) is 6.42 Å². The summed E-state index contributed by atoms with van der Waals surface area (Å²) in [5, 5.41) is 3.15. The quantitative estimate of drug-likeness (QED) is 0.633. The van der Waals surface area contributed by atoms with Crippen LogP contribution in [0.25, 0.3) is 5.69 Å². The third-order valence-electron chi connectivity index (χ3n) is 3.71. The molecule has 2 N–H and O–H groups in total. The van der Waals surface area contributed by atoms with Crippen LogP contribution >= 0.6 is 11.6 Å². The number of anilines is 1. The first-order valence-corrected chi connectivity index (χ1v) is 9.94. The first kappa shape index (κ1) is 19.1. The molecule has 0 spiro atoms. The van der Waals surface area contributed by atoms with Gasteiger partial charge in [0, 0.05) is 31.0 Å². The maximum absolute atomic E-state index is 12.1. The summed E-state index contributed by atoms with van der Waals surface area (Å²) in [6.07, 6.45) is 5.02. The second-order valence-corrected chi connectivity index (χ2v) is 7.82. The fourth-order valence-corrected chi connectivity index (χ4v) is 3.73. The van der Waals surface area contributed by atoms with Crippen molar-refractivity contribution in [2.24, 2.45) is 0 Å². The highest BCUT2D eigenvalue weighted by molar-refractivity contribution is 7.89. The van der Waals surface area contributed by atoms with Crippen LogP contribution in [0, 0.1) is 0 Å². The number of amides is 1. The van der Waals surface area contributed by atoms with Gasteiger partial charge in [-0.2, -0.15) is 0 Å². The number of rotatable bonds is 7. The van der Waals surface area contributed by atoms with Crippen LogP contribution in [0.4, 0.5) is 5.69 Å². The van der Waals surface area contributed by atoms with Crippen LogP contribution in [0.5, 0.6) is 0 Å². The zero-order valence-corrected chi connectivity index (χ0v) is 15.7. The molecule has 9 heteroatoms. The van der Waals surface area contributed by atoms with Crippen molar-refractivity contribution in [3.63, 3.8) is 0 Å². The molecule has 1 amide bonds. The molecule has 1 heterocycles. The lowest BCUT2D eigenvalue weighted by Crippen LogP contribution is -2.27. The number of hydrogen-bond acceptors (Lipinski definition) is 4. The Morgan fingerprint density at radius 2 is 1.93 bits per heavy atom. The maximum Gasteiger partial charge on any atom is 0.240 e. The van der Waals surface area contributed by atoms with Gasteiger partial charge in [-0.3, -0.25) is 4.79 Å². The second kappa shape index (κ2) is 8.34. The van der Waals surface area contributed by atoms with E-state index < -0.39 is 10.0 Å². The predicted octanol–water partition coefficient (Wildman–Crippen LogP) is 2.83. The van der Waals surface area contributed by atoms with Crippen LogP contribution in [0.2, 0.25) is 5.02 Å². The van der Waals surface area contributed by atoms with E-state index in [1.807, 2.05) is 0 Å². The first-order valence-electron chi connectivity index (χ1n) is 8.08. The average Bonchev–Trinajstić information content (AvgIpc) is 3.17. The molecule has 0 saturated carbocycles. The van der Waals surface area contributed by atoms with Crippen LogP contribution in [0.3, 0.4) is 0 Å². The summed E-state index contributed by atoms with van der Waals surface area (Å²) >= 11 is 6.24. The highest BCUT2D eigenvalue weighted by Gasteiger charge is 2.13. The van der Waals surface area contributed by atoms with E-state index in [-0.39, 0.29) is 23.8 Å². The van der Waals surface area contributed by atoms with Gasteiger partial charge in [0.1, 0.15) is 0 Å². The molecule has 0 aliphatic carbocycles. The Bertz CT molecular complexity index is 1020. The molecule has 3 aromatic rings. The average molecular weight is 405 g/mol. The number of nitrogens with zero attached hydrogens (tertiary/aromatic N) is 2. The smallest absolute Gasteiger partial charge is 0.240 e. The molecule has 0 aliphatic rings. The number of nitrogens with one attached hydrogen (secondary N) is 2. The van der Waals surface area contributed by atoms with Crippen LogP contribution in [-0.2, 0) is 14.8 Å². The standard InChI is InChI=1S/C18H17ClN4O3S/c19-16-12-14(6-7-17(16)23-11-10-20-13-23)22-18(24)8-9-21-27(25,26)15-4-2-1-3-5-15/h1-7,10-13,21H,8-9H2,(H,22,24). The topological polar surface area (TPSA) is 93.1 Å². The lowest BCUT2D eigenvalue weighted by molar-refractivity contribution is -0.116. The molecule has 0 bridgehead atoms. The summed E-state index contributed by atoms with van der Waals surface area (Å²) < 4.78 is 28.4. The molecule has 2 aromatic carbocycles. The van der Waals surface area contributed by atoms with E-state index in [2.05, 4.69) is 15.0 Å². The summed E-state index contributed by atoms with van der Waals surface area (Å²) in [5.41, 5.74) is 1.27. The van der Waals surface area contributed by atoms with Gasteiger partial charge in [-0.1, -0.05) is 29.8 Å². The minimum absolute atomic E-state index is 0.00699. The molecule has 27 heavy (non-hydrogen) atoms. The zero-order valence-electron chi connectivity index (χ0n) is 14.2. The van der Waals surface area contributed by atoms with Crippen LogP contribution in [0.15, 0.2) is 72.1 Å². The van der Waals surface area contributed by atoms with Crippen molar-refractivity contribution in [1.82, 2.24) is 14.3 Å². The van der Waals surface area contributed by atoms with Gasteiger partial charge in [0.2, 0.25) is 15.9 Å². The molecule has 0 fully saturated rings. The fourth-order valence-electron chi connectivity index (χ4n) is 2.40. The lowest BCUT2D eigenvalue weighted by Gasteiger charge is -2.10. The number of benzene rings is 2. The monoisotopic (exact) mass is 404 g/mol. The molecule has 0 atom stereocenters. The second-order valence-electron chi connectivity index (χ2n) is 5.65. The molecule has 3 rings (SSSR count). The van der Waals surface area contributed by atoms with Gasteiger partial charge in [0.05, 0.1) is 21.9 Å². The van der Waals surface area contributed by atoms with Crippen LogP contribution in [-0.4, -0.2) is 30.4 Å². The van der Waals surface area contributed by atoms with Gasteiger partial charge in [-0.05, 0) is 30.3 Å². The van der Waals surface area contributed by atoms with E-state index in [1.54, 1.807) is 59.7 Å². The molecule has 1 aromatic heterocycles. The number of imidazole rings is 1. The zero-order chi connectivity index (χ0) is 19.3. The van der Waals surface area contributed by atoms with E-state index in [0.717, 1.165) is 5.69 Å². The summed E-state index contributed by atoms with van der Waals surface area (Å²) in [4.78, 5) is 16.2. The molecule has 0 aliphatic heterocycles. The normalized spacial score (nSPS) is 11.3. The number of hydrogen-bond donors (Lipinski definition) is 2. The number of aromatic nitrogens is 2. The largest absolute Gasteiger partial charge is 0.326 e. The number of halogens is 1. The van der Waals surface area contributed by atoms with E-state index in [4.69, 9.17) is 11.6 Å². The maximum atomic E-state index is 12.1. The Kier molecular flexibility index (Phi) is 5.90. The van der Waals surface area contributed by atoms with Crippen molar-refractivity contribution in [1.29, 1.82) is 0 Å². The minimum Gasteiger partial charge on any atom is -0.326 e. The SMILES string of the molecule is O=C(CCNS(=O)(=O)c1ccccc1)Nc1ccc(-n2ccnc2)c(Cl)c1. The van der Waals surface area contributed by atoms with Gasteiger partial charge >= 0.3 is 0 Å². The number of carbonyl (C=O) groups is 1. The van der Waals surface area contributed by atoms with Crippen molar-refractivity contribution < 1.29 is 13.2 Å². The number of carbonyl (C=O) groups excluding carboxylic acids is 1. The van der Waals surface area contributed by atoms with Gasteiger partial charge < -0.3 is 9.88 Å². The van der Waals surface area contributed by atoms with Crippen LogP contribution < -0.4 is 10.0 Å². The highest BCUT2D eigenvalue weighted by Crippen LogP contribution is 2.24. The van der Waals surface area contributed by atoms with E-state index in [1.165, 1.54) is 12.1 Å². The Morgan fingerprint density at radius 3 is 2.59 bits per heavy atom. The Hall–Kier alpha value is -2.68. The molecule has 0 radical (unpaired) electrons. The van der Waals surface area contributed by atoms with Gasteiger partial charge in [0.25, 0.3) is 0 Å². The Balaban J connectivity index is 1.55. The van der Waals surface area contributed by atoms with Crippen molar-refractivity contribution in [2.75, 3.05) is 11.9 Å². The fraction of sp³-hybridized carbons (Fsp3) is 0.111. The number of sulfonamides is 1. The molecular formula is C18H17ClN4O3S. The summed E-state index contributed by atoms with van der Waals surface area (Å²) in [7, 11) is -3.63. The van der Waals surface area contributed by atoms with Crippen molar-refractivity contribution in [3.05, 3.63) is 72.3 Å². The predicted molar refractivity (Wildman–Crippen MR) is 103 cm³/mol. The lowest BCUT2D eigenvalue weighted by atomic mass is 10.2. The molecule has 140 valence electrons. The first-order chi connectivity index (χ1) is 13.0. The molecule has 0 saturated heterocycles. The van der Waals surface area contributed by atoms with Crippen molar-refractivity contribution in [2.45, 2.75) is 11.3 Å². The third kappa shape index (κ3) is 4.94. The minimum atomic E-state index is -3.63. The van der Waals surface area contributed by atoms with E-state index in [0.29, 0.717) is 10.7 Å². The molecule has 0 unspecified atom stereocenters. The van der Waals surface area contributed by atoms with E-state index >= 15 is 0 Å². The van der Waals surface area contributed by atoms with E-state index in [9.17, 15) is 13.2 Å². The van der Waals surface area contributed by atoms with Gasteiger partial charge in [-0.25, -0.2) is 18.1 Å². The summed E-state index contributed by atoms with van der Waals surface area (Å²) in [6, 6.07) is 13.1. The highest BCUT2D eigenvalue weighted by atomic mass is 35.5. The summed E-state index contributed by atoms with van der Waals surface area (Å²) in [5.74, 6) is -0.322.